The van der Waals surface area contributed by atoms with E-state index in [9.17, 15) is 4.79 Å². The number of esters is 1. The number of likely N-dealkylation sites (tertiary alicyclic amines) is 1. The fraction of sp³-hybridized carbons (Fsp3) is 0.917. The normalized spacial score (nSPS) is 24.8. The molecule has 1 rings (SSSR count). The molecule has 1 fully saturated rings. The van der Waals surface area contributed by atoms with E-state index in [0.29, 0.717) is 0 Å². The van der Waals surface area contributed by atoms with Gasteiger partial charge in [0.05, 0.1) is 6.61 Å². The number of carbonyl (C=O) groups excluding carboxylic acids is 1. The maximum absolute atomic E-state index is 10.8. The van der Waals surface area contributed by atoms with Crippen molar-refractivity contribution in [3.8, 4) is 0 Å². The van der Waals surface area contributed by atoms with Crippen LogP contribution in [0.4, 0.5) is 0 Å². The van der Waals surface area contributed by atoms with Crippen LogP contribution in [0.1, 0.15) is 40.5 Å². The summed E-state index contributed by atoms with van der Waals surface area (Å²) in [7, 11) is 0. The van der Waals surface area contributed by atoms with E-state index in [-0.39, 0.29) is 24.7 Å². The summed E-state index contributed by atoms with van der Waals surface area (Å²) in [6.07, 6.45) is 1.79. The van der Waals surface area contributed by atoms with Crippen molar-refractivity contribution in [2.24, 2.45) is 0 Å². The number of nitrogens with zero attached hydrogens (tertiary/aromatic N) is 1. The maximum atomic E-state index is 10.8. The van der Waals surface area contributed by atoms with Crippen LogP contribution in [0.2, 0.25) is 0 Å². The Balaban J connectivity index is 0.00000106. The van der Waals surface area contributed by atoms with Gasteiger partial charge in [-0.05, 0) is 13.0 Å². The molecule has 2 unspecified atom stereocenters. The van der Waals surface area contributed by atoms with Crippen molar-refractivity contribution in [2.75, 3.05) is 19.7 Å². The lowest BCUT2D eigenvalue weighted by Crippen LogP contribution is -2.33. The Bertz CT molecular complexity index is 197. The lowest BCUT2D eigenvalue weighted by molar-refractivity contribution is -0.145. The fourth-order valence-electron chi connectivity index (χ4n) is 2.01. The molecule has 16 heavy (non-hydrogen) atoms. The van der Waals surface area contributed by atoms with E-state index in [0.717, 1.165) is 25.9 Å². The highest BCUT2D eigenvalue weighted by Crippen LogP contribution is 2.20. The van der Waals surface area contributed by atoms with Crippen LogP contribution in [0.25, 0.3) is 0 Å². The number of hydrogen-bond acceptors (Lipinski definition) is 4. The summed E-state index contributed by atoms with van der Waals surface area (Å²) in [6.45, 7) is 9.41. The number of aliphatic hydroxyl groups is 1. The summed E-state index contributed by atoms with van der Waals surface area (Å²) in [5, 5.41) is 9.13. The molecule has 0 aliphatic carbocycles. The minimum atomic E-state index is -0.231. The van der Waals surface area contributed by atoms with Crippen molar-refractivity contribution in [1.29, 1.82) is 0 Å². The molecule has 4 heteroatoms. The first-order valence-corrected chi connectivity index (χ1v) is 6.19. The van der Waals surface area contributed by atoms with Gasteiger partial charge in [-0.2, -0.15) is 0 Å². The largest absolute Gasteiger partial charge is 0.461 e. The van der Waals surface area contributed by atoms with Crippen molar-refractivity contribution in [3.05, 3.63) is 0 Å². The Labute approximate surface area is 98.6 Å². The van der Waals surface area contributed by atoms with Gasteiger partial charge in [0, 0.05) is 25.9 Å². The number of ether oxygens (including phenoxy) is 1. The molecule has 0 saturated carbocycles. The molecule has 1 aliphatic heterocycles. The molecule has 0 aromatic heterocycles. The van der Waals surface area contributed by atoms with E-state index in [1.54, 1.807) is 0 Å². The molecule has 0 radical (unpaired) electrons. The highest BCUT2D eigenvalue weighted by atomic mass is 16.5. The van der Waals surface area contributed by atoms with Crippen molar-refractivity contribution in [2.45, 2.75) is 52.7 Å². The molecule has 0 amide bonds. The zero-order valence-corrected chi connectivity index (χ0v) is 10.9. The van der Waals surface area contributed by atoms with E-state index < -0.39 is 0 Å². The number of hydrogen-bond donors (Lipinski definition) is 1. The average Bonchev–Trinajstić information content (AvgIpc) is 2.63. The highest BCUT2D eigenvalue weighted by molar-refractivity contribution is 5.66. The molecule has 4 nitrogen and oxygen atoms in total. The molecule has 1 saturated heterocycles. The zero-order chi connectivity index (χ0) is 12.6. The van der Waals surface area contributed by atoms with Gasteiger partial charge in [0.1, 0.15) is 6.10 Å². The van der Waals surface area contributed by atoms with Crippen LogP contribution >= 0.6 is 0 Å². The summed E-state index contributed by atoms with van der Waals surface area (Å²) >= 11 is 0. The van der Waals surface area contributed by atoms with E-state index in [2.05, 4.69) is 11.8 Å². The topological polar surface area (TPSA) is 49.8 Å². The van der Waals surface area contributed by atoms with Gasteiger partial charge in [-0.3, -0.25) is 9.69 Å². The van der Waals surface area contributed by atoms with Gasteiger partial charge in [-0.1, -0.05) is 20.8 Å². The van der Waals surface area contributed by atoms with Crippen LogP contribution in [-0.4, -0.2) is 47.8 Å². The molecule has 1 N–H and O–H groups in total. The summed E-state index contributed by atoms with van der Waals surface area (Å²) < 4.78 is 5.13. The van der Waals surface area contributed by atoms with Crippen molar-refractivity contribution < 1.29 is 14.6 Å². The Morgan fingerprint density at radius 1 is 1.50 bits per heavy atom. The first-order chi connectivity index (χ1) is 7.67. The van der Waals surface area contributed by atoms with Crippen LogP contribution < -0.4 is 0 Å². The van der Waals surface area contributed by atoms with Crippen molar-refractivity contribution >= 4 is 5.97 Å². The minimum Gasteiger partial charge on any atom is -0.461 e. The minimum absolute atomic E-state index is 0.0313. The molecule has 1 heterocycles. The number of rotatable bonds is 4. The van der Waals surface area contributed by atoms with Crippen molar-refractivity contribution in [1.82, 2.24) is 4.90 Å². The first kappa shape index (κ1) is 15.4. The number of carbonyl (C=O) groups is 1. The molecule has 0 aromatic carbocycles. The first-order valence-electron chi connectivity index (χ1n) is 6.19. The molecule has 96 valence electrons. The third kappa shape index (κ3) is 4.94. The zero-order valence-electron chi connectivity index (χ0n) is 10.9. The third-order valence-corrected chi connectivity index (χ3v) is 2.54. The van der Waals surface area contributed by atoms with E-state index >= 15 is 0 Å². The second-order valence-electron chi connectivity index (χ2n) is 3.80. The van der Waals surface area contributed by atoms with Gasteiger partial charge in [0.15, 0.2) is 0 Å². The van der Waals surface area contributed by atoms with E-state index in [4.69, 9.17) is 9.84 Å². The maximum Gasteiger partial charge on any atom is 0.302 e. The quantitative estimate of drug-likeness (QED) is 0.743. The molecule has 0 aromatic rings. The highest BCUT2D eigenvalue weighted by Gasteiger charge is 2.32. The van der Waals surface area contributed by atoms with Gasteiger partial charge in [-0.25, -0.2) is 0 Å². The lowest BCUT2D eigenvalue weighted by Gasteiger charge is -2.20. The SMILES string of the molecule is CC.CCCN1CC(OC(C)=O)CC1CO. The molecular weight excluding hydrogens is 206 g/mol. The third-order valence-electron chi connectivity index (χ3n) is 2.54. The van der Waals surface area contributed by atoms with Gasteiger partial charge >= 0.3 is 5.97 Å². The second-order valence-corrected chi connectivity index (χ2v) is 3.80. The lowest BCUT2D eigenvalue weighted by atomic mass is 10.2. The van der Waals surface area contributed by atoms with Crippen molar-refractivity contribution in [3.63, 3.8) is 0 Å². The Hall–Kier alpha value is -0.610. The van der Waals surface area contributed by atoms with Crippen LogP contribution in [-0.2, 0) is 9.53 Å². The van der Waals surface area contributed by atoms with E-state index in [1.807, 2.05) is 13.8 Å². The van der Waals surface area contributed by atoms with Gasteiger partial charge in [0.25, 0.3) is 0 Å². The van der Waals surface area contributed by atoms with Crippen LogP contribution in [0.5, 0.6) is 0 Å². The molecule has 0 bridgehead atoms. The summed E-state index contributed by atoms with van der Waals surface area (Å²) in [5.41, 5.74) is 0. The van der Waals surface area contributed by atoms with Gasteiger partial charge in [-0.15, -0.1) is 0 Å². The Morgan fingerprint density at radius 3 is 2.56 bits per heavy atom. The summed E-state index contributed by atoms with van der Waals surface area (Å²) in [5.74, 6) is -0.231. The van der Waals surface area contributed by atoms with Crippen LogP contribution in [0.15, 0.2) is 0 Å². The summed E-state index contributed by atoms with van der Waals surface area (Å²) in [4.78, 5) is 12.9. The molecular formula is C12H25NO3. The molecule has 1 aliphatic rings. The van der Waals surface area contributed by atoms with Crippen LogP contribution in [0, 0.1) is 0 Å². The predicted octanol–water partition coefficient (Wildman–Crippen LogP) is 1.42. The van der Waals surface area contributed by atoms with Gasteiger partial charge in [0.2, 0.25) is 0 Å². The number of aliphatic hydroxyl groups excluding tert-OH is 1. The molecule has 2 atom stereocenters. The average molecular weight is 231 g/mol. The van der Waals surface area contributed by atoms with E-state index in [1.165, 1.54) is 6.92 Å². The van der Waals surface area contributed by atoms with Gasteiger partial charge < -0.3 is 9.84 Å². The smallest absolute Gasteiger partial charge is 0.302 e. The second kappa shape index (κ2) is 8.53. The predicted molar refractivity (Wildman–Crippen MR) is 64.3 cm³/mol. The monoisotopic (exact) mass is 231 g/mol. The molecule has 0 spiro atoms. The standard InChI is InChI=1S/C10H19NO3.C2H6/c1-3-4-11-6-10(14-8(2)13)5-9(11)7-12;1-2/h9-10,12H,3-7H2,1-2H3;1-2H3. The summed E-state index contributed by atoms with van der Waals surface area (Å²) in [6, 6.07) is 0.166. The Morgan fingerprint density at radius 2 is 2.12 bits per heavy atom. The Kier molecular flexibility index (Phi) is 8.21. The van der Waals surface area contributed by atoms with Crippen LogP contribution in [0.3, 0.4) is 0 Å². The fourth-order valence-corrected chi connectivity index (χ4v) is 2.01.